The number of rotatable bonds is 6. The van der Waals surface area contributed by atoms with Gasteiger partial charge in [0.2, 0.25) is 5.91 Å². The number of carbonyl (C=O) groups is 3. The number of nitrogens with one attached hydrogen (secondary N) is 1. The van der Waals surface area contributed by atoms with Crippen LogP contribution in [0.3, 0.4) is 0 Å². The zero-order valence-corrected chi connectivity index (χ0v) is 25.9. The second-order valence-electron chi connectivity index (χ2n) is 14.3. The SMILES string of the molecule is CC(C)(C)OC(=O)N1C[C@@H]2C[C@@H]2[C@@H]1C(=O)N(c1ccc(C(C)(C)C)cc1)C(C(=O)NC1CCCCC1)c1cccnc1. The molecule has 2 saturated carbocycles. The van der Waals surface area contributed by atoms with E-state index in [-0.39, 0.29) is 35.1 Å². The molecule has 2 aromatic rings. The molecule has 0 radical (unpaired) electrons. The molecule has 1 saturated heterocycles. The molecule has 1 aromatic heterocycles. The lowest BCUT2D eigenvalue weighted by atomic mass is 9.87. The lowest BCUT2D eigenvalue weighted by Gasteiger charge is -2.37. The molecular formula is C34H46N4O4. The highest BCUT2D eigenvalue weighted by molar-refractivity contribution is 6.05. The molecule has 42 heavy (non-hydrogen) atoms. The molecule has 8 heteroatoms. The molecule has 1 unspecified atom stereocenters. The largest absolute Gasteiger partial charge is 0.444 e. The van der Waals surface area contributed by atoms with Crippen LogP contribution in [0.1, 0.15) is 97.2 Å². The van der Waals surface area contributed by atoms with E-state index in [0.29, 0.717) is 17.8 Å². The van der Waals surface area contributed by atoms with Crippen molar-refractivity contribution in [2.75, 3.05) is 11.4 Å². The Kier molecular flexibility index (Phi) is 8.37. The first-order valence-corrected chi connectivity index (χ1v) is 15.5. The number of nitrogens with zero attached hydrogens (tertiary/aromatic N) is 3. The fourth-order valence-corrected chi connectivity index (χ4v) is 6.44. The molecule has 5 rings (SSSR count). The summed E-state index contributed by atoms with van der Waals surface area (Å²) in [6, 6.07) is 9.97. The topological polar surface area (TPSA) is 91.8 Å². The highest BCUT2D eigenvalue weighted by atomic mass is 16.6. The maximum absolute atomic E-state index is 14.8. The van der Waals surface area contributed by atoms with Crippen LogP contribution in [0.5, 0.6) is 0 Å². The van der Waals surface area contributed by atoms with Crippen molar-refractivity contribution in [3.63, 3.8) is 0 Å². The van der Waals surface area contributed by atoms with Crippen LogP contribution < -0.4 is 10.2 Å². The average Bonchev–Trinajstić information content (AvgIpc) is 3.60. The number of amides is 3. The maximum Gasteiger partial charge on any atom is 0.410 e. The minimum absolute atomic E-state index is 0.0531. The molecule has 226 valence electrons. The number of likely N-dealkylation sites (tertiary alicyclic amines) is 1. The van der Waals surface area contributed by atoms with E-state index in [1.807, 2.05) is 51.1 Å². The summed E-state index contributed by atoms with van der Waals surface area (Å²) in [5.41, 5.74) is 1.62. The fraction of sp³-hybridized carbons (Fsp3) is 0.588. The predicted octanol–water partition coefficient (Wildman–Crippen LogP) is 6.16. The van der Waals surface area contributed by atoms with Crippen molar-refractivity contribution in [3.05, 3.63) is 59.9 Å². The van der Waals surface area contributed by atoms with Gasteiger partial charge in [0.25, 0.3) is 5.91 Å². The Bertz CT molecular complexity index is 1280. The first kappa shape index (κ1) is 30.1. The van der Waals surface area contributed by atoms with E-state index in [4.69, 9.17) is 4.74 Å². The molecule has 3 aliphatic rings. The summed E-state index contributed by atoms with van der Waals surface area (Å²) in [5.74, 6) is -0.166. The second-order valence-corrected chi connectivity index (χ2v) is 14.3. The van der Waals surface area contributed by atoms with Crippen molar-refractivity contribution >= 4 is 23.6 Å². The van der Waals surface area contributed by atoms with Gasteiger partial charge in [0.1, 0.15) is 17.7 Å². The van der Waals surface area contributed by atoms with Crippen LogP contribution in [0.2, 0.25) is 0 Å². The Morgan fingerprint density at radius 2 is 1.69 bits per heavy atom. The van der Waals surface area contributed by atoms with Gasteiger partial charge in [-0.05, 0) is 81.0 Å². The fourth-order valence-electron chi connectivity index (χ4n) is 6.44. The maximum atomic E-state index is 14.8. The third-order valence-electron chi connectivity index (χ3n) is 8.74. The van der Waals surface area contributed by atoms with Gasteiger partial charge in [0.15, 0.2) is 0 Å². The predicted molar refractivity (Wildman–Crippen MR) is 163 cm³/mol. The van der Waals surface area contributed by atoms with Gasteiger partial charge < -0.3 is 10.1 Å². The van der Waals surface area contributed by atoms with Crippen molar-refractivity contribution < 1.29 is 19.1 Å². The smallest absolute Gasteiger partial charge is 0.410 e. The molecule has 1 N–H and O–H groups in total. The first-order valence-electron chi connectivity index (χ1n) is 15.5. The number of hydrogen-bond acceptors (Lipinski definition) is 5. The standard InChI is InChI=1S/C34H46N4O4/c1-33(2,3)24-14-16-26(17-15-24)38(31(40)29-27-19-23(27)21-37(29)32(41)42-34(4,5)6)28(22-11-10-18-35-20-22)30(39)36-25-12-8-7-9-13-25/h10-11,14-18,20,23,25,27-29H,7-9,12-13,19,21H2,1-6H3,(H,36,39)/t23-,27-,28?,29+/m0/s1. The third kappa shape index (κ3) is 6.63. The summed E-state index contributed by atoms with van der Waals surface area (Å²) in [4.78, 5) is 49.9. The van der Waals surface area contributed by atoms with Crippen LogP contribution in [-0.2, 0) is 19.7 Å². The number of piperidine rings is 1. The van der Waals surface area contributed by atoms with Crippen molar-refractivity contribution in [2.24, 2.45) is 11.8 Å². The van der Waals surface area contributed by atoms with E-state index in [1.165, 1.54) is 6.42 Å². The van der Waals surface area contributed by atoms with Crippen LogP contribution in [0.25, 0.3) is 0 Å². The molecule has 2 heterocycles. The molecule has 2 aliphatic carbocycles. The minimum atomic E-state index is -0.938. The highest BCUT2D eigenvalue weighted by Gasteiger charge is 2.59. The summed E-state index contributed by atoms with van der Waals surface area (Å²) in [5, 5.41) is 3.27. The summed E-state index contributed by atoms with van der Waals surface area (Å²) in [6.45, 7) is 12.4. The highest BCUT2D eigenvalue weighted by Crippen LogP contribution is 2.51. The van der Waals surface area contributed by atoms with Gasteiger partial charge in [-0.15, -0.1) is 0 Å². The number of ether oxygens (including phenoxy) is 1. The average molecular weight is 575 g/mol. The quantitative estimate of drug-likeness (QED) is 0.446. The zero-order chi connectivity index (χ0) is 30.2. The van der Waals surface area contributed by atoms with Gasteiger partial charge >= 0.3 is 6.09 Å². The molecule has 3 fully saturated rings. The van der Waals surface area contributed by atoms with Gasteiger partial charge in [-0.25, -0.2) is 4.79 Å². The molecule has 4 atom stereocenters. The second kappa shape index (κ2) is 11.7. The molecule has 1 aliphatic heterocycles. The van der Waals surface area contributed by atoms with E-state index >= 15 is 0 Å². The number of aromatic nitrogens is 1. The lowest BCUT2D eigenvalue weighted by Crippen LogP contribution is -2.55. The Morgan fingerprint density at radius 3 is 2.29 bits per heavy atom. The van der Waals surface area contributed by atoms with Gasteiger partial charge in [-0.3, -0.25) is 24.4 Å². The lowest BCUT2D eigenvalue weighted by molar-refractivity contribution is -0.129. The molecule has 0 spiro atoms. The van der Waals surface area contributed by atoms with Crippen LogP contribution in [0, 0.1) is 11.8 Å². The van der Waals surface area contributed by atoms with E-state index in [0.717, 1.165) is 37.7 Å². The zero-order valence-electron chi connectivity index (χ0n) is 25.9. The first-order chi connectivity index (χ1) is 19.8. The number of hydrogen-bond donors (Lipinski definition) is 1. The number of anilines is 1. The Balaban J connectivity index is 1.56. The van der Waals surface area contributed by atoms with Crippen LogP contribution in [-0.4, -0.2) is 52.0 Å². The molecule has 0 bridgehead atoms. The molecule has 1 aromatic carbocycles. The number of pyridine rings is 1. The summed E-state index contributed by atoms with van der Waals surface area (Å²) >= 11 is 0. The van der Waals surface area contributed by atoms with Gasteiger partial charge in [-0.2, -0.15) is 0 Å². The van der Waals surface area contributed by atoms with Crippen LogP contribution in [0.15, 0.2) is 48.8 Å². The monoisotopic (exact) mass is 574 g/mol. The van der Waals surface area contributed by atoms with E-state index in [1.54, 1.807) is 28.3 Å². The van der Waals surface area contributed by atoms with Crippen molar-refractivity contribution in [1.29, 1.82) is 0 Å². The van der Waals surface area contributed by atoms with Crippen LogP contribution in [0.4, 0.5) is 10.5 Å². The minimum Gasteiger partial charge on any atom is -0.444 e. The van der Waals surface area contributed by atoms with Gasteiger partial charge in [0.05, 0.1) is 0 Å². The number of fused-ring (bicyclic) bond motifs is 1. The Hall–Kier alpha value is -3.42. The number of carbonyl (C=O) groups excluding carboxylic acids is 3. The van der Waals surface area contributed by atoms with Crippen molar-refractivity contribution in [3.8, 4) is 0 Å². The van der Waals surface area contributed by atoms with E-state index < -0.39 is 23.8 Å². The normalized spacial score (nSPS) is 23.1. The van der Waals surface area contributed by atoms with Gasteiger partial charge in [-0.1, -0.05) is 58.2 Å². The van der Waals surface area contributed by atoms with Crippen LogP contribution >= 0.6 is 0 Å². The number of benzene rings is 1. The summed E-state index contributed by atoms with van der Waals surface area (Å²) in [6.07, 6.45) is 8.92. The Morgan fingerprint density at radius 1 is 1.00 bits per heavy atom. The van der Waals surface area contributed by atoms with Crippen molar-refractivity contribution in [1.82, 2.24) is 15.2 Å². The summed E-state index contributed by atoms with van der Waals surface area (Å²) in [7, 11) is 0. The van der Waals surface area contributed by atoms with E-state index in [2.05, 4.69) is 31.1 Å². The summed E-state index contributed by atoms with van der Waals surface area (Å²) < 4.78 is 5.73. The molecular weight excluding hydrogens is 528 g/mol. The van der Waals surface area contributed by atoms with Gasteiger partial charge in [0, 0.05) is 36.2 Å². The van der Waals surface area contributed by atoms with Crippen molar-refractivity contribution in [2.45, 2.75) is 109 Å². The molecule has 8 nitrogen and oxygen atoms in total. The Labute approximate surface area is 250 Å². The van der Waals surface area contributed by atoms with E-state index in [9.17, 15) is 14.4 Å². The molecule has 3 amide bonds. The third-order valence-corrected chi connectivity index (χ3v) is 8.74.